The molecule has 0 saturated heterocycles. The standard InChI is InChI=1S/C40H37N5O5S/c1-48-33-14-9-13-29(25-33)37-40(26-30-11-5-7-17-35(30)44-45-41,43-38(50-37)28-19-21-32(22-20-28)49-24-10-23-46)39(47)42-27-31-12-6-8-18-36(31)51-34-15-3-2-4-16-34/h2-9,11-22,25,37,46H,10,23-24,26-27H2,1H3,(H,42,47)/t37-,40-/m1/s1. The SMILES string of the molecule is COc1cccc([C@H]2OC(c3ccc(OCCCO)cc3)=N[C@@]2(Cc2ccccc2N=[N+]=[N-])C(=O)NCc2ccccc2Sc2ccccc2)c1. The van der Waals surface area contributed by atoms with Crippen LogP contribution < -0.4 is 14.8 Å². The molecule has 0 aliphatic carbocycles. The van der Waals surface area contributed by atoms with Crippen LogP contribution in [0.3, 0.4) is 0 Å². The average molecular weight is 700 g/mol. The van der Waals surface area contributed by atoms with Crippen molar-refractivity contribution in [1.82, 2.24) is 5.32 Å². The summed E-state index contributed by atoms with van der Waals surface area (Å²) >= 11 is 1.63. The van der Waals surface area contributed by atoms with Crippen molar-refractivity contribution in [3.05, 3.63) is 160 Å². The molecule has 10 nitrogen and oxygen atoms in total. The van der Waals surface area contributed by atoms with Crippen LogP contribution in [0.15, 0.2) is 147 Å². The number of aliphatic hydroxyl groups is 1. The molecule has 1 heterocycles. The largest absolute Gasteiger partial charge is 0.497 e. The first-order valence-electron chi connectivity index (χ1n) is 16.5. The van der Waals surface area contributed by atoms with Crippen LogP contribution in [-0.2, 0) is 22.5 Å². The van der Waals surface area contributed by atoms with Crippen molar-refractivity contribution in [3.63, 3.8) is 0 Å². The second kappa shape index (κ2) is 16.8. The number of carbonyl (C=O) groups is 1. The Morgan fingerprint density at radius 2 is 1.69 bits per heavy atom. The molecule has 258 valence electrons. The van der Waals surface area contributed by atoms with E-state index in [0.717, 1.165) is 15.4 Å². The Balaban J connectivity index is 1.42. The molecule has 1 amide bonds. The molecule has 11 heteroatoms. The molecule has 51 heavy (non-hydrogen) atoms. The van der Waals surface area contributed by atoms with Gasteiger partial charge in [-0.2, -0.15) is 0 Å². The summed E-state index contributed by atoms with van der Waals surface area (Å²) in [5.41, 5.74) is 11.2. The van der Waals surface area contributed by atoms with Crippen LogP contribution in [0.4, 0.5) is 5.69 Å². The van der Waals surface area contributed by atoms with E-state index < -0.39 is 11.6 Å². The Kier molecular flexibility index (Phi) is 11.5. The maximum Gasteiger partial charge on any atom is 0.252 e. The molecule has 2 atom stereocenters. The molecule has 2 N–H and O–H groups in total. The third-order valence-corrected chi connectivity index (χ3v) is 9.54. The molecule has 6 rings (SSSR count). The Hall–Kier alpha value is -5.74. The molecule has 5 aromatic carbocycles. The van der Waals surface area contributed by atoms with Crippen LogP contribution in [0.25, 0.3) is 10.4 Å². The number of rotatable bonds is 15. The maximum atomic E-state index is 14.9. The second-order valence-corrected chi connectivity index (χ2v) is 12.9. The number of hydrogen-bond acceptors (Lipinski definition) is 8. The lowest BCUT2D eigenvalue weighted by Crippen LogP contribution is -2.49. The summed E-state index contributed by atoms with van der Waals surface area (Å²) in [5.74, 6) is 1.16. The molecule has 0 bridgehead atoms. The number of aliphatic imine (C=N–C) groups is 1. The number of hydrogen-bond donors (Lipinski definition) is 2. The summed E-state index contributed by atoms with van der Waals surface area (Å²) in [6, 6.07) is 39.9. The van der Waals surface area contributed by atoms with Crippen molar-refractivity contribution < 1.29 is 24.1 Å². The van der Waals surface area contributed by atoms with Crippen LogP contribution in [0.5, 0.6) is 11.5 Å². The van der Waals surface area contributed by atoms with Gasteiger partial charge in [-0.15, -0.1) is 0 Å². The lowest BCUT2D eigenvalue weighted by Gasteiger charge is -2.31. The van der Waals surface area contributed by atoms with Gasteiger partial charge in [-0.1, -0.05) is 89.7 Å². The molecule has 0 aromatic heterocycles. The number of nitrogens with zero attached hydrogens (tertiary/aromatic N) is 4. The lowest BCUT2D eigenvalue weighted by atomic mass is 9.81. The van der Waals surface area contributed by atoms with Crippen LogP contribution in [0.1, 0.15) is 34.8 Å². The van der Waals surface area contributed by atoms with Crippen LogP contribution in [-0.4, -0.2) is 42.8 Å². The van der Waals surface area contributed by atoms with Gasteiger partial charge in [0, 0.05) is 51.9 Å². The summed E-state index contributed by atoms with van der Waals surface area (Å²) in [4.78, 5) is 25.2. The first-order valence-corrected chi connectivity index (χ1v) is 17.3. The van der Waals surface area contributed by atoms with Crippen molar-refractivity contribution in [2.24, 2.45) is 10.1 Å². The Morgan fingerprint density at radius 3 is 2.45 bits per heavy atom. The second-order valence-electron chi connectivity index (χ2n) is 11.8. The zero-order valence-electron chi connectivity index (χ0n) is 28.0. The molecular formula is C40H37N5O5S. The number of carbonyl (C=O) groups excluding carboxylic acids is 1. The fraction of sp³-hybridized carbons (Fsp3) is 0.200. The fourth-order valence-electron chi connectivity index (χ4n) is 5.88. The van der Waals surface area contributed by atoms with Gasteiger partial charge >= 0.3 is 0 Å². The van der Waals surface area contributed by atoms with E-state index in [-0.39, 0.29) is 31.4 Å². The first kappa shape index (κ1) is 35.1. The van der Waals surface area contributed by atoms with Gasteiger partial charge in [0.2, 0.25) is 5.90 Å². The van der Waals surface area contributed by atoms with Crippen molar-refractivity contribution in [2.45, 2.75) is 40.8 Å². The highest BCUT2D eigenvalue weighted by atomic mass is 32.2. The average Bonchev–Trinajstić information content (AvgIpc) is 3.56. The molecular weight excluding hydrogens is 663 g/mol. The minimum absolute atomic E-state index is 0.0405. The first-order chi connectivity index (χ1) is 25.0. The van der Waals surface area contributed by atoms with Crippen LogP contribution >= 0.6 is 11.8 Å². The molecule has 0 fully saturated rings. The number of methoxy groups -OCH3 is 1. The zero-order chi connectivity index (χ0) is 35.5. The predicted octanol–water partition coefficient (Wildman–Crippen LogP) is 8.37. The molecule has 1 aliphatic heterocycles. The van der Waals surface area contributed by atoms with E-state index in [9.17, 15) is 10.3 Å². The molecule has 0 radical (unpaired) electrons. The topological polar surface area (TPSA) is 138 Å². The van der Waals surface area contributed by atoms with Crippen molar-refractivity contribution >= 4 is 29.3 Å². The van der Waals surface area contributed by atoms with Gasteiger partial charge < -0.3 is 24.6 Å². The predicted molar refractivity (Wildman–Crippen MR) is 198 cm³/mol. The summed E-state index contributed by atoms with van der Waals surface area (Å²) in [5, 5.41) is 16.3. The van der Waals surface area contributed by atoms with E-state index in [1.807, 2.05) is 91.0 Å². The number of azide groups is 1. The third-order valence-electron chi connectivity index (χ3n) is 8.41. The van der Waals surface area contributed by atoms with E-state index in [1.54, 1.807) is 43.1 Å². The Labute approximate surface area is 300 Å². The van der Waals surface area contributed by atoms with Crippen molar-refractivity contribution in [2.75, 3.05) is 20.3 Å². The van der Waals surface area contributed by atoms with Gasteiger partial charge in [-0.25, -0.2) is 4.99 Å². The minimum Gasteiger partial charge on any atom is -0.497 e. The number of amides is 1. The third kappa shape index (κ3) is 8.36. The smallest absolute Gasteiger partial charge is 0.252 e. The van der Waals surface area contributed by atoms with Crippen LogP contribution in [0, 0.1) is 0 Å². The lowest BCUT2D eigenvalue weighted by molar-refractivity contribution is -0.129. The molecule has 0 spiro atoms. The van der Waals surface area contributed by atoms with Gasteiger partial charge in [0.15, 0.2) is 11.6 Å². The van der Waals surface area contributed by atoms with E-state index in [1.165, 1.54) is 0 Å². The number of ether oxygens (including phenoxy) is 3. The van der Waals surface area contributed by atoms with E-state index in [0.29, 0.717) is 46.9 Å². The highest BCUT2D eigenvalue weighted by Gasteiger charge is 2.53. The monoisotopic (exact) mass is 699 g/mol. The normalized spacial score (nSPS) is 16.4. The molecule has 5 aromatic rings. The summed E-state index contributed by atoms with van der Waals surface area (Å²) in [6.45, 7) is 0.662. The van der Waals surface area contributed by atoms with Gasteiger partial charge in [-0.05, 0) is 76.8 Å². The molecule has 0 saturated carbocycles. The highest BCUT2D eigenvalue weighted by Crippen LogP contribution is 2.44. The highest BCUT2D eigenvalue weighted by molar-refractivity contribution is 7.99. The quantitative estimate of drug-likeness (QED) is 0.0487. The number of aliphatic hydroxyl groups excluding tert-OH is 1. The van der Waals surface area contributed by atoms with E-state index >= 15 is 0 Å². The van der Waals surface area contributed by atoms with Crippen molar-refractivity contribution in [3.8, 4) is 11.5 Å². The van der Waals surface area contributed by atoms with Gasteiger partial charge in [0.1, 0.15) is 11.5 Å². The van der Waals surface area contributed by atoms with Crippen molar-refractivity contribution in [1.29, 1.82) is 0 Å². The number of nitrogens with one attached hydrogen (secondary N) is 1. The molecule has 1 aliphatic rings. The van der Waals surface area contributed by atoms with Gasteiger partial charge in [0.25, 0.3) is 5.91 Å². The zero-order valence-corrected chi connectivity index (χ0v) is 28.8. The summed E-state index contributed by atoms with van der Waals surface area (Å²) < 4.78 is 18.0. The fourth-order valence-corrected chi connectivity index (χ4v) is 6.84. The van der Waals surface area contributed by atoms with Gasteiger partial charge in [0.05, 0.1) is 13.7 Å². The Morgan fingerprint density at radius 1 is 0.941 bits per heavy atom. The molecule has 0 unspecified atom stereocenters. The maximum absolute atomic E-state index is 14.9. The minimum atomic E-state index is -1.53. The Bertz CT molecular complexity index is 2040. The summed E-state index contributed by atoms with van der Waals surface area (Å²) in [6.07, 6.45) is -0.289. The van der Waals surface area contributed by atoms with E-state index in [2.05, 4.69) is 27.5 Å². The van der Waals surface area contributed by atoms with Crippen LogP contribution in [0.2, 0.25) is 0 Å². The van der Waals surface area contributed by atoms with E-state index in [4.69, 9.17) is 24.3 Å². The number of benzene rings is 5. The van der Waals surface area contributed by atoms with Gasteiger partial charge in [-0.3, -0.25) is 4.79 Å². The summed E-state index contributed by atoms with van der Waals surface area (Å²) in [7, 11) is 1.59.